The van der Waals surface area contributed by atoms with Gasteiger partial charge >= 0.3 is 0 Å². The Hall–Kier alpha value is -1.05. The van der Waals surface area contributed by atoms with Gasteiger partial charge in [0, 0.05) is 19.3 Å². The van der Waals surface area contributed by atoms with Gasteiger partial charge in [-0.2, -0.15) is 0 Å². The summed E-state index contributed by atoms with van der Waals surface area (Å²) >= 11 is 0. The van der Waals surface area contributed by atoms with Crippen molar-refractivity contribution in [2.45, 2.75) is 27.7 Å². The van der Waals surface area contributed by atoms with Crippen LogP contribution in [0.1, 0.15) is 27.7 Å². The lowest BCUT2D eigenvalue weighted by Gasteiger charge is -2.27. The van der Waals surface area contributed by atoms with Gasteiger partial charge in [-0.15, -0.1) is 0 Å². The summed E-state index contributed by atoms with van der Waals surface area (Å²) in [6.45, 7) is 11.1. The molecule has 1 aromatic rings. The fraction of sp³-hybridized carbons (Fsp3) is 0.615. The summed E-state index contributed by atoms with van der Waals surface area (Å²) in [5, 5.41) is 0. The lowest BCUT2D eigenvalue weighted by atomic mass is 10.1. The number of nitrogens with zero attached hydrogens (tertiary/aromatic N) is 2. The van der Waals surface area contributed by atoms with Crippen molar-refractivity contribution in [3.63, 3.8) is 0 Å². The zero-order valence-corrected chi connectivity index (χ0v) is 10.3. The highest BCUT2D eigenvalue weighted by atomic mass is 15.2. The minimum absolute atomic E-state index is 0.672. The Morgan fingerprint density at radius 1 is 1.07 bits per heavy atom. The molecule has 1 rings (SSSR count). The van der Waals surface area contributed by atoms with Crippen LogP contribution in [-0.4, -0.2) is 18.1 Å². The van der Waals surface area contributed by atoms with Crippen molar-refractivity contribution in [1.82, 2.24) is 4.98 Å². The summed E-state index contributed by atoms with van der Waals surface area (Å²) in [5.41, 5.74) is 0. The van der Waals surface area contributed by atoms with Gasteiger partial charge in [-0.3, -0.25) is 0 Å². The first-order chi connectivity index (χ1) is 7.09. The van der Waals surface area contributed by atoms with Crippen LogP contribution in [0.4, 0.5) is 5.82 Å². The largest absolute Gasteiger partial charge is 0.356 e. The first kappa shape index (κ1) is 12.0. The number of hydrogen-bond donors (Lipinski definition) is 0. The molecule has 84 valence electrons. The molecule has 0 unspecified atom stereocenters. The lowest BCUT2D eigenvalue weighted by molar-refractivity contribution is 0.549. The second-order valence-electron chi connectivity index (χ2n) is 4.88. The van der Waals surface area contributed by atoms with E-state index < -0.39 is 0 Å². The Bertz CT molecular complexity index is 257. The zero-order chi connectivity index (χ0) is 11.3. The predicted molar refractivity (Wildman–Crippen MR) is 66.1 cm³/mol. The molecule has 1 aromatic heterocycles. The molecule has 2 nitrogen and oxygen atoms in total. The van der Waals surface area contributed by atoms with Gasteiger partial charge in [0.1, 0.15) is 5.82 Å². The Morgan fingerprint density at radius 3 is 2.07 bits per heavy atom. The summed E-state index contributed by atoms with van der Waals surface area (Å²) in [7, 11) is 0. The number of hydrogen-bond acceptors (Lipinski definition) is 2. The third kappa shape index (κ3) is 4.32. The molecule has 2 heteroatoms. The van der Waals surface area contributed by atoms with Crippen molar-refractivity contribution in [3.05, 3.63) is 24.4 Å². The van der Waals surface area contributed by atoms with Crippen LogP contribution in [0, 0.1) is 11.8 Å². The highest BCUT2D eigenvalue weighted by molar-refractivity contribution is 5.37. The molecule has 0 saturated carbocycles. The van der Waals surface area contributed by atoms with Crippen LogP contribution in [0.15, 0.2) is 24.4 Å². The quantitative estimate of drug-likeness (QED) is 0.735. The topological polar surface area (TPSA) is 16.1 Å². The second kappa shape index (κ2) is 5.74. The minimum Gasteiger partial charge on any atom is -0.356 e. The molecule has 0 spiro atoms. The van der Waals surface area contributed by atoms with Crippen molar-refractivity contribution in [1.29, 1.82) is 0 Å². The number of aromatic nitrogens is 1. The molecular weight excluding hydrogens is 184 g/mol. The zero-order valence-electron chi connectivity index (χ0n) is 10.3. The Balaban J connectivity index is 2.72. The summed E-state index contributed by atoms with van der Waals surface area (Å²) in [6, 6.07) is 6.10. The third-order valence-corrected chi connectivity index (χ3v) is 2.14. The van der Waals surface area contributed by atoms with Gasteiger partial charge in [0.05, 0.1) is 0 Å². The van der Waals surface area contributed by atoms with Crippen LogP contribution >= 0.6 is 0 Å². The van der Waals surface area contributed by atoms with Crippen molar-refractivity contribution >= 4 is 5.82 Å². The molecule has 0 aliphatic heterocycles. The van der Waals surface area contributed by atoms with Gasteiger partial charge in [-0.1, -0.05) is 33.8 Å². The fourth-order valence-electron chi connectivity index (χ4n) is 1.68. The minimum atomic E-state index is 0.672. The Kier molecular flexibility index (Phi) is 4.60. The highest BCUT2D eigenvalue weighted by Gasteiger charge is 2.10. The van der Waals surface area contributed by atoms with E-state index in [2.05, 4.69) is 49.7 Å². The van der Waals surface area contributed by atoms with Crippen LogP contribution in [-0.2, 0) is 0 Å². The maximum absolute atomic E-state index is 4.41. The first-order valence-electron chi connectivity index (χ1n) is 5.75. The molecule has 0 aliphatic rings. The van der Waals surface area contributed by atoms with E-state index in [-0.39, 0.29) is 0 Å². The van der Waals surface area contributed by atoms with Crippen LogP contribution < -0.4 is 4.90 Å². The molecule has 0 bridgehead atoms. The van der Waals surface area contributed by atoms with Crippen LogP contribution in [0.2, 0.25) is 0 Å². The summed E-state index contributed by atoms with van der Waals surface area (Å²) in [5.74, 6) is 2.44. The second-order valence-corrected chi connectivity index (χ2v) is 4.88. The van der Waals surface area contributed by atoms with E-state index in [0.29, 0.717) is 11.8 Å². The number of anilines is 1. The average Bonchev–Trinajstić information content (AvgIpc) is 2.17. The highest BCUT2D eigenvalue weighted by Crippen LogP contribution is 2.13. The van der Waals surface area contributed by atoms with E-state index in [1.807, 2.05) is 12.3 Å². The predicted octanol–water partition coefficient (Wildman–Crippen LogP) is 3.20. The van der Waals surface area contributed by atoms with E-state index in [9.17, 15) is 0 Å². The van der Waals surface area contributed by atoms with Gasteiger partial charge in [0.15, 0.2) is 0 Å². The average molecular weight is 206 g/mol. The van der Waals surface area contributed by atoms with Gasteiger partial charge < -0.3 is 4.90 Å². The molecule has 0 atom stereocenters. The smallest absolute Gasteiger partial charge is 0.128 e. The molecule has 0 aliphatic carbocycles. The van der Waals surface area contributed by atoms with Crippen LogP contribution in [0.3, 0.4) is 0 Å². The molecule has 1 heterocycles. The van der Waals surface area contributed by atoms with Gasteiger partial charge in [0.25, 0.3) is 0 Å². The number of pyridine rings is 1. The van der Waals surface area contributed by atoms with Gasteiger partial charge in [0.2, 0.25) is 0 Å². The van der Waals surface area contributed by atoms with E-state index in [0.717, 1.165) is 18.9 Å². The van der Waals surface area contributed by atoms with Crippen molar-refractivity contribution in [2.75, 3.05) is 18.0 Å². The fourth-order valence-corrected chi connectivity index (χ4v) is 1.68. The van der Waals surface area contributed by atoms with Crippen molar-refractivity contribution in [2.24, 2.45) is 11.8 Å². The molecular formula is C13H22N2. The Labute approximate surface area is 93.3 Å². The molecule has 0 N–H and O–H groups in total. The molecule has 0 amide bonds. The van der Waals surface area contributed by atoms with Crippen molar-refractivity contribution < 1.29 is 0 Å². The van der Waals surface area contributed by atoms with E-state index in [4.69, 9.17) is 0 Å². The van der Waals surface area contributed by atoms with Crippen molar-refractivity contribution in [3.8, 4) is 0 Å². The lowest BCUT2D eigenvalue weighted by Crippen LogP contribution is -2.31. The standard InChI is InChI=1S/C13H22N2/c1-11(2)9-15(10-12(3)4)13-7-5-6-8-14-13/h5-8,11-12H,9-10H2,1-4H3. The molecule has 0 aromatic carbocycles. The Morgan fingerprint density at radius 2 is 1.67 bits per heavy atom. The van der Waals surface area contributed by atoms with E-state index >= 15 is 0 Å². The third-order valence-electron chi connectivity index (χ3n) is 2.14. The maximum atomic E-state index is 4.41. The first-order valence-corrected chi connectivity index (χ1v) is 5.75. The maximum Gasteiger partial charge on any atom is 0.128 e. The summed E-state index contributed by atoms with van der Waals surface area (Å²) in [6.07, 6.45) is 1.86. The molecule has 15 heavy (non-hydrogen) atoms. The van der Waals surface area contributed by atoms with E-state index in [1.54, 1.807) is 0 Å². The molecule has 0 saturated heterocycles. The normalized spacial score (nSPS) is 11.1. The van der Waals surface area contributed by atoms with Gasteiger partial charge in [-0.25, -0.2) is 4.98 Å². The number of rotatable bonds is 5. The SMILES string of the molecule is CC(C)CN(CC(C)C)c1ccccn1. The van der Waals surface area contributed by atoms with Crippen LogP contribution in [0.5, 0.6) is 0 Å². The molecule has 0 fully saturated rings. The molecule has 0 radical (unpaired) electrons. The van der Waals surface area contributed by atoms with Gasteiger partial charge in [-0.05, 0) is 24.0 Å². The summed E-state index contributed by atoms with van der Waals surface area (Å²) < 4.78 is 0. The van der Waals surface area contributed by atoms with Crippen LogP contribution in [0.25, 0.3) is 0 Å². The summed E-state index contributed by atoms with van der Waals surface area (Å²) in [4.78, 5) is 6.78. The monoisotopic (exact) mass is 206 g/mol. The van der Waals surface area contributed by atoms with E-state index in [1.165, 1.54) is 0 Å².